The molecule has 6 heteroatoms. The second-order valence-corrected chi connectivity index (χ2v) is 41.8. The normalized spacial score (nSPS) is 12.4. The van der Waals surface area contributed by atoms with E-state index in [9.17, 15) is 0 Å². The third-order valence-corrected chi connectivity index (χ3v) is 29.0. The minimum absolute atomic E-state index is 0.122. The van der Waals surface area contributed by atoms with Crippen molar-refractivity contribution < 1.29 is 0 Å². The minimum Gasteiger partial charge on any atom is -0.287 e. The van der Waals surface area contributed by atoms with Crippen molar-refractivity contribution in [3.8, 4) is 0 Å². The molecule has 1 atom stereocenters. The Morgan fingerprint density at radius 3 is 0.379 bits per heavy atom. The van der Waals surface area contributed by atoms with Crippen molar-refractivity contribution in [1.29, 1.82) is 0 Å². The molecule has 0 rings (SSSR count). The SMILES string of the molecule is CCCCCCCCCCCCCCCCCCCCCCCCNN(CCCCCCCCCCCCCCCCCC(NCCCCCCCCCCCCCCCCCC)(NCCCCCCCCCCCCCCCCCCCC)NCCCCCCCCCCCCCCCCCCCCCC)NCCCCCCCCCCCCCCCC. The van der Waals surface area contributed by atoms with Crippen LogP contribution in [0.3, 0.4) is 0 Å². The molecule has 1 unspecified atom stereocenters. The molecule has 124 heavy (non-hydrogen) atoms. The Balaban J connectivity index is 5.13. The van der Waals surface area contributed by atoms with Gasteiger partial charge in [0.25, 0.3) is 0 Å². The van der Waals surface area contributed by atoms with Gasteiger partial charge in [-0.05, 0) is 71.0 Å². The van der Waals surface area contributed by atoms with Crippen molar-refractivity contribution in [2.45, 2.75) is 721 Å². The Labute approximate surface area is 787 Å². The van der Waals surface area contributed by atoms with Crippen molar-refractivity contribution in [3.05, 3.63) is 0 Å². The zero-order valence-electron chi connectivity index (χ0n) is 87.6. The Bertz CT molecular complexity index is 1790. The van der Waals surface area contributed by atoms with E-state index in [-0.39, 0.29) is 5.79 Å². The van der Waals surface area contributed by atoms with E-state index < -0.39 is 0 Å². The number of nitrogens with one attached hydrogen (secondary N) is 5. The summed E-state index contributed by atoms with van der Waals surface area (Å²) in [5.41, 5.74) is 7.74. The highest BCUT2D eigenvalue weighted by Crippen LogP contribution is 2.24. The van der Waals surface area contributed by atoms with Crippen LogP contribution in [0, 0.1) is 0 Å². The topological polar surface area (TPSA) is 63.4 Å². The molecule has 0 spiro atoms. The van der Waals surface area contributed by atoms with Gasteiger partial charge >= 0.3 is 0 Å². The maximum absolute atomic E-state index is 4.28. The molecule has 0 aromatic rings. The Kier molecular flexibility index (Phi) is 115. The molecule has 6 nitrogen and oxygen atoms in total. The lowest BCUT2D eigenvalue weighted by atomic mass is 10.0. The summed E-state index contributed by atoms with van der Waals surface area (Å²) in [6, 6.07) is 0. The van der Waals surface area contributed by atoms with Crippen LogP contribution in [0.15, 0.2) is 0 Å². The van der Waals surface area contributed by atoms with E-state index in [2.05, 4.69) is 66.5 Å². The van der Waals surface area contributed by atoms with Gasteiger partial charge in [0.2, 0.25) is 0 Å². The van der Waals surface area contributed by atoms with Crippen molar-refractivity contribution >= 4 is 0 Å². The first-order chi connectivity index (χ1) is 61.7. The van der Waals surface area contributed by atoms with Crippen LogP contribution in [-0.4, -0.2) is 50.2 Å². The van der Waals surface area contributed by atoms with Gasteiger partial charge in [0.05, 0.1) is 0 Å². The van der Waals surface area contributed by atoms with Crippen LogP contribution in [0.1, 0.15) is 715 Å². The van der Waals surface area contributed by atoms with Crippen molar-refractivity contribution in [2.24, 2.45) is 0 Å². The average Bonchev–Trinajstić information content (AvgIpc) is 0.868. The fourth-order valence-electron chi connectivity index (χ4n) is 20.1. The number of unbranched alkanes of at least 4 members (excludes halogenated alkanes) is 99. The van der Waals surface area contributed by atoms with Crippen LogP contribution in [0.2, 0.25) is 0 Å². The molecule has 746 valence electrons. The van der Waals surface area contributed by atoms with Crippen LogP contribution < -0.4 is 26.8 Å². The lowest BCUT2D eigenvalue weighted by Crippen LogP contribution is -2.67. The van der Waals surface area contributed by atoms with Crippen molar-refractivity contribution in [1.82, 2.24) is 31.9 Å². The third-order valence-electron chi connectivity index (χ3n) is 29.0. The number of nitrogens with zero attached hydrogens (tertiary/aromatic N) is 1. The van der Waals surface area contributed by atoms with Crippen molar-refractivity contribution in [3.63, 3.8) is 0 Å². The molecular weight excluding hydrogens is 1500 g/mol. The first kappa shape index (κ1) is 124. The van der Waals surface area contributed by atoms with Gasteiger partial charge in [-0.15, -0.1) is 0 Å². The molecule has 0 aliphatic rings. The van der Waals surface area contributed by atoms with Crippen LogP contribution >= 0.6 is 0 Å². The average molecular weight is 1750 g/mol. The maximum atomic E-state index is 4.28. The number of hydrogen-bond acceptors (Lipinski definition) is 6. The molecule has 0 aromatic heterocycles. The van der Waals surface area contributed by atoms with E-state index in [1.165, 1.54) is 681 Å². The van der Waals surface area contributed by atoms with Gasteiger partial charge in [0.1, 0.15) is 5.79 Å². The van der Waals surface area contributed by atoms with Gasteiger partial charge in [-0.3, -0.25) is 16.0 Å². The molecule has 0 saturated carbocycles. The lowest BCUT2D eigenvalue weighted by molar-refractivity contribution is 0.108. The molecule has 0 aliphatic heterocycles. The molecule has 0 saturated heterocycles. The summed E-state index contributed by atoms with van der Waals surface area (Å²) in [7, 11) is 0. The van der Waals surface area contributed by atoms with E-state index in [1.54, 1.807) is 0 Å². The number of hydrogen-bond donors (Lipinski definition) is 5. The van der Waals surface area contributed by atoms with Gasteiger partial charge in [-0.25, -0.2) is 10.9 Å². The summed E-state index contributed by atoms with van der Waals surface area (Å²) >= 11 is 0. The third kappa shape index (κ3) is 107. The highest BCUT2D eigenvalue weighted by atomic mass is 15.7. The van der Waals surface area contributed by atoms with Crippen LogP contribution in [-0.2, 0) is 0 Å². The molecule has 0 amide bonds. The van der Waals surface area contributed by atoms with Crippen LogP contribution in [0.4, 0.5) is 0 Å². The summed E-state index contributed by atoms with van der Waals surface area (Å²) in [5, 5.41) is 15.3. The van der Waals surface area contributed by atoms with Gasteiger partial charge in [0.15, 0.2) is 0 Å². The molecule has 0 heterocycles. The van der Waals surface area contributed by atoms with Gasteiger partial charge in [0, 0.05) is 19.6 Å². The van der Waals surface area contributed by atoms with Gasteiger partial charge in [-0.1, -0.05) is 664 Å². The molecule has 0 aliphatic carbocycles. The first-order valence-corrected chi connectivity index (χ1v) is 60.2. The van der Waals surface area contributed by atoms with Gasteiger partial charge in [-0.2, -0.15) is 5.12 Å². The second kappa shape index (κ2) is 115. The number of hydrazine groups is 2. The minimum atomic E-state index is -0.122. The van der Waals surface area contributed by atoms with Crippen LogP contribution in [0.25, 0.3) is 0 Å². The molecule has 0 radical (unpaired) electrons. The second-order valence-electron chi connectivity index (χ2n) is 41.8. The van der Waals surface area contributed by atoms with E-state index in [0.29, 0.717) is 0 Å². The zero-order valence-corrected chi connectivity index (χ0v) is 87.6. The lowest BCUT2D eigenvalue weighted by Gasteiger charge is -2.38. The summed E-state index contributed by atoms with van der Waals surface area (Å²) in [6.45, 7) is 18.5. The van der Waals surface area contributed by atoms with Crippen LogP contribution in [0.5, 0.6) is 0 Å². The smallest absolute Gasteiger partial charge is 0.123 e. The molecule has 0 aromatic carbocycles. The van der Waals surface area contributed by atoms with Crippen molar-refractivity contribution in [2.75, 3.05) is 39.3 Å². The predicted molar refractivity (Wildman–Crippen MR) is 567 cm³/mol. The van der Waals surface area contributed by atoms with E-state index >= 15 is 0 Å². The molecular formula is C118H244N6. The summed E-state index contributed by atoms with van der Waals surface area (Å²) in [6.07, 6.45) is 152. The maximum Gasteiger partial charge on any atom is 0.123 e. The summed E-state index contributed by atoms with van der Waals surface area (Å²) in [4.78, 5) is 0. The highest BCUT2D eigenvalue weighted by Gasteiger charge is 2.27. The van der Waals surface area contributed by atoms with E-state index in [1.807, 2.05) is 0 Å². The fourth-order valence-corrected chi connectivity index (χ4v) is 20.1. The standard InChI is InChI=1S/C118H244N6/c1-6-11-16-21-26-31-36-41-46-50-53-55-56-58-61-67-74-81-88-95-102-109-116-123-124(122-115-108-101-94-87-80-73-45-40-35-30-25-20-15-10-5)117-110-103-96-89-82-75-68-62-63-69-76-83-90-97-104-111-118(119-112-105-98-91-84-77-70-64-49-44-39-34-29-24-19-14-9-4,120-113-106-99-92-85-78-71-65-59-52-48-43-38-33-28-23-18-13-8-3)121-114-107-100-93-86-79-72-66-60-57-54-51-47-42-37-32-27-22-17-12-7-2/h119-123H,6-117H2,1-5H3. The largest absolute Gasteiger partial charge is 0.287 e. The Hall–Kier alpha value is -0.240. The number of rotatable bonds is 118. The monoisotopic (exact) mass is 1750 g/mol. The Morgan fingerprint density at radius 1 is 0.121 bits per heavy atom. The molecule has 5 N–H and O–H groups in total. The Morgan fingerprint density at radius 2 is 0.234 bits per heavy atom. The van der Waals surface area contributed by atoms with Gasteiger partial charge < -0.3 is 0 Å². The molecule has 0 bridgehead atoms. The summed E-state index contributed by atoms with van der Waals surface area (Å²) in [5.74, 6) is -0.122. The zero-order chi connectivity index (χ0) is 88.8. The molecule has 0 fully saturated rings. The predicted octanol–water partition coefficient (Wildman–Crippen LogP) is 41.2. The van der Waals surface area contributed by atoms with E-state index in [0.717, 1.165) is 39.3 Å². The quantitative estimate of drug-likeness (QED) is 0.0238. The van der Waals surface area contributed by atoms with E-state index in [4.69, 9.17) is 0 Å². The highest BCUT2D eigenvalue weighted by molar-refractivity contribution is 4.84. The first-order valence-electron chi connectivity index (χ1n) is 60.2. The fraction of sp³-hybridized carbons (Fsp3) is 1.00. The summed E-state index contributed by atoms with van der Waals surface area (Å²) < 4.78 is 0.